The maximum Gasteiger partial charge on any atom is 0.254 e. The molecule has 0 aliphatic carbocycles. The van der Waals surface area contributed by atoms with E-state index in [9.17, 15) is 9.59 Å². The fourth-order valence-electron chi connectivity index (χ4n) is 3.74. The van der Waals surface area contributed by atoms with Crippen LogP contribution in [0.3, 0.4) is 0 Å². The highest BCUT2D eigenvalue weighted by atomic mass is 16.5. The molecule has 0 saturated heterocycles. The molecule has 0 spiro atoms. The molecular weight excluding hydrogens is 380 g/mol. The Labute approximate surface area is 178 Å². The molecule has 0 fully saturated rings. The maximum atomic E-state index is 13.0. The highest BCUT2D eigenvalue weighted by Gasteiger charge is 2.37. The summed E-state index contributed by atoms with van der Waals surface area (Å²) in [6.45, 7) is 4.58. The van der Waals surface area contributed by atoms with Gasteiger partial charge >= 0.3 is 0 Å². The zero-order chi connectivity index (χ0) is 21.5. The number of rotatable bonds is 10. The van der Waals surface area contributed by atoms with Gasteiger partial charge in [-0.15, -0.1) is 0 Å². The number of carbonyl (C=O) groups is 2. The second kappa shape index (κ2) is 10.1. The first kappa shape index (κ1) is 21.7. The van der Waals surface area contributed by atoms with Crippen molar-refractivity contribution in [1.82, 2.24) is 5.32 Å². The van der Waals surface area contributed by atoms with Crippen molar-refractivity contribution in [2.45, 2.75) is 45.6 Å². The third-order valence-electron chi connectivity index (χ3n) is 5.23. The Morgan fingerprint density at radius 1 is 1.13 bits per heavy atom. The first-order valence-corrected chi connectivity index (χ1v) is 10.5. The van der Waals surface area contributed by atoms with Crippen molar-refractivity contribution in [2.75, 3.05) is 25.2 Å². The minimum Gasteiger partial charge on any atom is -0.493 e. The number of amides is 2. The summed E-state index contributed by atoms with van der Waals surface area (Å²) >= 11 is 0. The van der Waals surface area contributed by atoms with Crippen LogP contribution >= 0.6 is 0 Å². The van der Waals surface area contributed by atoms with Crippen LogP contribution < -0.4 is 19.7 Å². The Balaban J connectivity index is 1.69. The maximum absolute atomic E-state index is 13.0. The minimum atomic E-state index is -0.616. The molecule has 0 aromatic heterocycles. The summed E-state index contributed by atoms with van der Waals surface area (Å²) in [5, 5.41) is 2.81. The van der Waals surface area contributed by atoms with Crippen molar-refractivity contribution < 1.29 is 19.1 Å². The monoisotopic (exact) mass is 410 g/mol. The minimum absolute atomic E-state index is 0.0925. The summed E-state index contributed by atoms with van der Waals surface area (Å²) in [7, 11) is 1.61. The van der Waals surface area contributed by atoms with Crippen LogP contribution in [0.5, 0.6) is 11.5 Å². The number of hydrogen-bond acceptors (Lipinski definition) is 4. The van der Waals surface area contributed by atoms with Crippen molar-refractivity contribution in [2.24, 2.45) is 0 Å². The smallest absolute Gasteiger partial charge is 0.254 e. The van der Waals surface area contributed by atoms with Crippen molar-refractivity contribution in [3.8, 4) is 11.5 Å². The number of carbonyl (C=O) groups excluding carboxylic acids is 2. The molecule has 160 valence electrons. The molecular formula is C24H30N2O4. The summed E-state index contributed by atoms with van der Waals surface area (Å²) in [5.74, 6) is 1.07. The lowest BCUT2D eigenvalue weighted by Gasteiger charge is -2.18. The zero-order valence-corrected chi connectivity index (χ0v) is 17.9. The van der Waals surface area contributed by atoms with Gasteiger partial charge in [0, 0.05) is 24.7 Å². The Hall–Kier alpha value is -3.02. The second-order valence-corrected chi connectivity index (χ2v) is 7.47. The average Bonchev–Trinajstić information content (AvgIpc) is 3.00. The van der Waals surface area contributed by atoms with Gasteiger partial charge in [0.2, 0.25) is 5.91 Å². The van der Waals surface area contributed by atoms with Gasteiger partial charge in [0.05, 0.1) is 13.7 Å². The Bertz CT molecular complexity index is 897. The third kappa shape index (κ3) is 4.93. The van der Waals surface area contributed by atoms with E-state index in [4.69, 9.17) is 9.47 Å². The van der Waals surface area contributed by atoms with Gasteiger partial charge in [-0.05, 0) is 43.0 Å². The molecule has 0 bridgehead atoms. The fourth-order valence-corrected chi connectivity index (χ4v) is 3.74. The molecule has 1 aliphatic rings. The van der Waals surface area contributed by atoms with Gasteiger partial charge in [-0.2, -0.15) is 0 Å². The lowest BCUT2D eigenvalue weighted by atomic mass is 10.0. The van der Waals surface area contributed by atoms with Gasteiger partial charge in [-0.1, -0.05) is 37.6 Å². The molecule has 1 aliphatic heterocycles. The van der Waals surface area contributed by atoms with Crippen molar-refractivity contribution >= 4 is 17.5 Å². The van der Waals surface area contributed by atoms with E-state index >= 15 is 0 Å². The molecule has 1 N–H and O–H groups in total. The van der Waals surface area contributed by atoms with Crippen molar-refractivity contribution in [1.29, 1.82) is 0 Å². The van der Waals surface area contributed by atoms with Crippen LogP contribution in [0.2, 0.25) is 0 Å². The van der Waals surface area contributed by atoms with Crippen molar-refractivity contribution in [3.05, 3.63) is 53.6 Å². The van der Waals surface area contributed by atoms with Crippen LogP contribution in [-0.2, 0) is 16.0 Å². The molecule has 3 rings (SSSR count). The molecule has 30 heavy (non-hydrogen) atoms. The first-order chi connectivity index (χ1) is 14.5. The number of ether oxygens (including phenoxy) is 2. The second-order valence-electron chi connectivity index (χ2n) is 7.47. The summed E-state index contributed by atoms with van der Waals surface area (Å²) < 4.78 is 11.1. The Kier molecular flexibility index (Phi) is 7.33. The topological polar surface area (TPSA) is 67.9 Å². The highest BCUT2D eigenvalue weighted by Crippen LogP contribution is 2.37. The van der Waals surface area contributed by atoms with Crippen LogP contribution in [0, 0.1) is 0 Å². The number of hydrogen-bond donors (Lipinski definition) is 1. The molecule has 1 atom stereocenters. The molecule has 6 nitrogen and oxygen atoms in total. The van der Waals surface area contributed by atoms with Crippen LogP contribution in [0.25, 0.3) is 0 Å². The van der Waals surface area contributed by atoms with Crippen LogP contribution in [0.1, 0.15) is 50.3 Å². The van der Waals surface area contributed by atoms with Crippen LogP contribution in [0.4, 0.5) is 5.69 Å². The van der Waals surface area contributed by atoms with Crippen molar-refractivity contribution in [3.63, 3.8) is 0 Å². The molecule has 0 saturated carbocycles. The number of nitrogens with one attached hydrogen (secondary N) is 1. The first-order valence-electron chi connectivity index (χ1n) is 10.5. The summed E-state index contributed by atoms with van der Waals surface area (Å²) in [6, 6.07) is 13.0. The van der Waals surface area contributed by atoms with E-state index in [2.05, 4.69) is 24.4 Å². The normalized spacial score (nSPS) is 15.1. The van der Waals surface area contributed by atoms with E-state index in [-0.39, 0.29) is 11.8 Å². The molecule has 1 unspecified atom stereocenters. The molecule has 2 amide bonds. The van der Waals surface area contributed by atoms with Gasteiger partial charge in [-0.25, -0.2) is 0 Å². The average molecular weight is 411 g/mol. The molecule has 2 aromatic carbocycles. The summed E-state index contributed by atoms with van der Waals surface area (Å²) in [5.41, 5.74) is 2.95. The molecule has 2 aromatic rings. The number of fused-ring (bicyclic) bond motifs is 1. The lowest BCUT2D eigenvalue weighted by Crippen LogP contribution is -2.37. The fraction of sp³-hybridized carbons (Fsp3) is 0.417. The molecule has 1 heterocycles. The van der Waals surface area contributed by atoms with E-state index in [0.717, 1.165) is 30.5 Å². The van der Waals surface area contributed by atoms with E-state index in [1.807, 2.05) is 30.3 Å². The van der Waals surface area contributed by atoms with Gasteiger partial charge in [0.25, 0.3) is 5.91 Å². The SMILES string of the molecule is CCCCc1ccc2c(c1)C(NC(C)=O)C(=O)N2CCCOc1ccccc1OC. The van der Waals surface area contributed by atoms with Gasteiger partial charge in [0.15, 0.2) is 11.5 Å². The van der Waals surface area contributed by atoms with E-state index in [1.54, 1.807) is 12.0 Å². The number of nitrogens with zero attached hydrogens (tertiary/aromatic N) is 1. The van der Waals surface area contributed by atoms with E-state index < -0.39 is 6.04 Å². The van der Waals surface area contributed by atoms with E-state index in [0.29, 0.717) is 31.1 Å². The predicted molar refractivity (Wildman–Crippen MR) is 117 cm³/mol. The van der Waals surface area contributed by atoms with Crippen LogP contribution in [0.15, 0.2) is 42.5 Å². The Morgan fingerprint density at radius 3 is 2.60 bits per heavy atom. The summed E-state index contributed by atoms with van der Waals surface area (Å²) in [4.78, 5) is 26.5. The number of anilines is 1. The Morgan fingerprint density at radius 2 is 1.90 bits per heavy atom. The summed E-state index contributed by atoms with van der Waals surface area (Å²) in [6.07, 6.45) is 3.84. The largest absolute Gasteiger partial charge is 0.493 e. The number of para-hydroxylation sites is 2. The zero-order valence-electron chi connectivity index (χ0n) is 17.9. The highest BCUT2D eigenvalue weighted by molar-refractivity contribution is 6.06. The predicted octanol–water partition coefficient (Wildman–Crippen LogP) is 4.03. The quantitative estimate of drug-likeness (QED) is 0.601. The number of unbranched alkanes of at least 4 members (excludes halogenated alkanes) is 1. The molecule has 0 radical (unpaired) electrons. The molecule has 6 heteroatoms. The lowest BCUT2D eigenvalue weighted by molar-refractivity contribution is -0.126. The van der Waals surface area contributed by atoms with Crippen LogP contribution in [-0.4, -0.2) is 32.1 Å². The number of methoxy groups -OCH3 is 1. The van der Waals surface area contributed by atoms with Gasteiger partial charge in [0.1, 0.15) is 6.04 Å². The third-order valence-corrected chi connectivity index (χ3v) is 5.23. The van der Waals surface area contributed by atoms with E-state index in [1.165, 1.54) is 12.5 Å². The van der Waals surface area contributed by atoms with Gasteiger partial charge in [-0.3, -0.25) is 9.59 Å². The van der Waals surface area contributed by atoms with Gasteiger partial charge < -0.3 is 19.7 Å². The number of aryl methyl sites for hydroxylation is 1. The standard InChI is InChI=1S/C24H30N2O4/c1-4-5-9-18-12-13-20-19(16-18)23(25-17(2)27)24(28)26(20)14-8-15-30-22-11-7-6-10-21(22)29-3/h6-7,10-13,16,23H,4-5,8-9,14-15H2,1-3H3,(H,25,27). The number of benzene rings is 2.